The van der Waals surface area contributed by atoms with Crippen molar-refractivity contribution in [1.29, 1.82) is 0 Å². The summed E-state index contributed by atoms with van der Waals surface area (Å²) in [7, 11) is 0. The van der Waals surface area contributed by atoms with Gasteiger partial charge in [0.05, 0.1) is 17.6 Å². The minimum atomic E-state index is -0.721. The van der Waals surface area contributed by atoms with Gasteiger partial charge in [0.1, 0.15) is 12.4 Å². The lowest BCUT2D eigenvalue weighted by molar-refractivity contribution is 0.335. The summed E-state index contributed by atoms with van der Waals surface area (Å²) in [5.74, 6) is 0.800. The Kier molecular flexibility index (Phi) is 7.90. The topological polar surface area (TPSA) is 35.0 Å². The molecule has 0 radical (unpaired) electrons. The van der Waals surface area contributed by atoms with Crippen molar-refractivity contribution in [3.63, 3.8) is 0 Å². The van der Waals surface area contributed by atoms with Crippen LogP contribution in [0.25, 0.3) is 28.6 Å². The summed E-state index contributed by atoms with van der Waals surface area (Å²) in [5, 5.41) is 8.75. The molecule has 2 aromatic carbocycles. The highest BCUT2D eigenvalue weighted by molar-refractivity contribution is 5.65. The van der Waals surface area contributed by atoms with E-state index >= 15 is 0 Å². The van der Waals surface area contributed by atoms with Crippen LogP contribution in [0.2, 0.25) is 0 Å². The Morgan fingerprint density at radius 1 is 0.933 bits per heavy atom. The van der Waals surface area contributed by atoms with Crippen LogP contribution in [0.4, 0.5) is 4.39 Å². The van der Waals surface area contributed by atoms with E-state index in [1.807, 2.05) is 48.5 Å². The molecule has 0 bridgehead atoms. The fourth-order valence-corrected chi connectivity index (χ4v) is 3.02. The zero-order valence-electron chi connectivity index (χ0n) is 17.3. The van der Waals surface area contributed by atoms with Gasteiger partial charge < -0.3 is 4.74 Å². The van der Waals surface area contributed by atoms with Crippen LogP contribution >= 0.6 is 0 Å². The van der Waals surface area contributed by atoms with Gasteiger partial charge in [0.25, 0.3) is 0 Å². The van der Waals surface area contributed by atoms with Gasteiger partial charge in [0.2, 0.25) is 0 Å². The van der Waals surface area contributed by atoms with E-state index in [0.29, 0.717) is 13.0 Å². The number of hydrogen-bond acceptors (Lipinski definition) is 3. The fraction of sp³-hybridized carbons (Fsp3) is 0.231. The van der Waals surface area contributed by atoms with Crippen molar-refractivity contribution in [2.24, 2.45) is 0 Å². The summed E-state index contributed by atoms with van der Waals surface area (Å²) < 4.78 is 18.3. The predicted octanol–water partition coefficient (Wildman–Crippen LogP) is 6.92. The molecular formula is C26H27FN2O. The van der Waals surface area contributed by atoms with Gasteiger partial charge in [-0.2, -0.15) is 0 Å². The van der Waals surface area contributed by atoms with E-state index in [4.69, 9.17) is 4.74 Å². The Labute approximate surface area is 178 Å². The maximum atomic E-state index is 12.8. The highest BCUT2D eigenvalue weighted by Crippen LogP contribution is 2.23. The second-order valence-corrected chi connectivity index (χ2v) is 7.16. The van der Waals surface area contributed by atoms with Gasteiger partial charge in [-0.15, -0.1) is 10.2 Å². The number of rotatable bonds is 10. The molecule has 30 heavy (non-hydrogen) atoms. The fourth-order valence-electron chi connectivity index (χ4n) is 3.02. The smallest absolute Gasteiger partial charge is 0.119 e. The molecule has 3 nitrogen and oxygen atoms in total. The molecule has 1 heterocycles. The summed E-state index contributed by atoms with van der Waals surface area (Å²) in [4.78, 5) is 0. The molecule has 0 aliphatic carbocycles. The van der Waals surface area contributed by atoms with Crippen LogP contribution in [-0.4, -0.2) is 23.0 Å². The first-order valence-corrected chi connectivity index (χ1v) is 10.2. The van der Waals surface area contributed by atoms with E-state index in [-0.39, 0.29) is 0 Å². The third-order valence-corrected chi connectivity index (χ3v) is 4.67. The van der Waals surface area contributed by atoms with Crippen molar-refractivity contribution in [1.82, 2.24) is 10.2 Å². The monoisotopic (exact) mass is 402 g/mol. The molecule has 3 rings (SSSR count). The van der Waals surface area contributed by atoms with Gasteiger partial charge >= 0.3 is 0 Å². The maximum absolute atomic E-state index is 12.8. The average Bonchev–Trinajstić information content (AvgIpc) is 2.78. The quantitative estimate of drug-likeness (QED) is 0.273. The Morgan fingerprint density at radius 3 is 2.07 bits per heavy atom. The average molecular weight is 403 g/mol. The molecule has 154 valence electrons. The van der Waals surface area contributed by atoms with Crippen LogP contribution in [0.15, 0.2) is 79.4 Å². The van der Waals surface area contributed by atoms with Crippen molar-refractivity contribution in [3.05, 3.63) is 85.0 Å². The van der Waals surface area contributed by atoms with Gasteiger partial charge in [-0.25, -0.2) is 4.39 Å². The third kappa shape index (κ3) is 6.38. The molecule has 0 fully saturated rings. The van der Waals surface area contributed by atoms with Crippen molar-refractivity contribution in [3.8, 4) is 28.3 Å². The molecular weight excluding hydrogens is 375 g/mol. The van der Waals surface area contributed by atoms with Gasteiger partial charge in [-0.3, -0.25) is 0 Å². The molecule has 0 aliphatic heterocycles. The van der Waals surface area contributed by atoms with E-state index in [0.717, 1.165) is 46.7 Å². The second-order valence-electron chi connectivity index (χ2n) is 7.16. The summed E-state index contributed by atoms with van der Waals surface area (Å²) in [5.41, 5.74) is 4.77. The minimum absolute atomic E-state index is 0.487. The Bertz CT molecular complexity index is 946. The lowest BCUT2D eigenvalue weighted by atomic mass is 10.1. The maximum Gasteiger partial charge on any atom is 0.119 e. The van der Waals surface area contributed by atoms with Crippen LogP contribution < -0.4 is 4.74 Å². The van der Waals surface area contributed by atoms with Crippen LogP contribution in [0, 0.1) is 0 Å². The van der Waals surface area contributed by atoms with Gasteiger partial charge in [0, 0.05) is 11.1 Å². The number of halogens is 1. The predicted molar refractivity (Wildman–Crippen MR) is 122 cm³/mol. The molecule has 1 unspecified atom stereocenters. The number of alkyl halides is 1. The summed E-state index contributed by atoms with van der Waals surface area (Å²) in [6.45, 7) is 5.74. The van der Waals surface area contributed by atoms with E-state index in [1.165, 1.54) is 0 Å². The van der Waals surface area contributed by atoms with Crippen LogP contribution in [0.5, 0.6) is 5.75 Å². The van der Waals surface area contributed by atoms with Gasteiger partial charge in [0.15, 0.2) is 0 Å². The number of ether oxygens (including phenoxy) is 1. The first-order chi connectivity index (χ1) is 14.7. The van der Waals surface area contributed by atoms with E-state index in [2.05, 4.69) is 41.1 Å². The third-order valence-electron chi connectivity index (χ3n) is 4.67. The summed E-state index contributed by atoms with van der Waals surface area (Å²) in [6, 6.07) is 19.9. The second kappa shape index (κ2) is 11.1. The molecule has 0 aliphatic rings. The van der Waals surface area contributed by atoms with E-state index < -0.39 is 6.17 Å². The van der Waals surface area contributed by atoms with Crippen molar-refractivity contribution in [2.45, 2.75) is 32.4 Å². The lowest BCUT2D eigenvalue weighted by Crippen LogP contribution is -1.93. The highest BCUT2D eigenvalue weighted by Gasteiger charge is 2.04. The molecule has 3 aromatic rings. The molecule has 0 saturated heterocycles. The lowest BCUT2D eigenvalue weighted by Gasteiger charge is -2.06. The van der Waals surface area contributed by atoms with Crippen molar-refractivity contribution < 1.29 is 9.13 Å². The normalized spacial score (nSPS) is 12.1. The summed E-state index contributed by atoms with van der Waals surface area (Å²) >= 11 is 0. The van der Waals surface area contributed by atoms with Crippen molar-refractivity contribution >= 4 is 6.08 Å². The van der Waals surface area contributed by atoms with Crippen LogP contribution in [0.3, 0.4) is 0 Å². The van der Waals surface area contributed by atoms with Gasteiger partial charge in [-0.1, -0.05) is 49.1 Å². The van der Waals surface area contributed by atoms with E-state index in [1.54, 1.807) is 13.0 Å². The zero-order valence-corrected chi connectivity index (χ0v) is 17.3. The molecule has 4 heteroatoms. The SMILES string of the molecule is C=CCOc1ccc(-c2ccc(-c3ccc(C=CCCCC(C)F)cc3)nn2)cc1. The largest absolute Gasteiger partial charge is 0.490 e. The highest BCUT2D eigenvalue weighted by atomic mass is 19.1. The number of nitrogens with zero attached hydrogens (tertiary/aromatic N) is 2. The molecule has 0 amide bonds. The Morgan fingerprint density at radius 2 is 1.53 bits per heavy atom. The Balaban J connectivity index is 1.60. The molecule has 1 atom stereocenters. The number of unbranched alkanes of at least 4 members (excludes halogenated alkanes) is 1. The number of allylic oxidation sites excluding steroid dienone is 1. The Hall–Kier alpha value is -3.27. The van der Waals surface area contributed by atoms with Crippen molar-refractivity contribution in [2.75, 3.05) is 6.61 Å². The van der Waals surface area contributed by atoms with Gasteiger partial charge in [-0.05, 0) is 68.1 Å². The number of aromatic nitrogens is 2. The van der Waals surface area contributed by atoms with Crippen LogP contribution in [-0.2, 0) is 0 Å². The minimum Gasteiger partial charge on any atom is -0.490 e. The molecule has 1 aromatic heterocycles. The zero-order chi connectivity index (χ0) is 21.2. The van der Waals surface area contributed by atoms with E-state index in [9.17, 15) is 4.39 Å². The molecule has 0 N–H and O–H groups in total. The molecule has 0 saturated carbocycles. The standard InChI is InChI=1S/C26H27FN2O/c1-3-19-30-24-15-13-23(14-16-24)26-18-17-25(28-29-26)22-11-9-21(10-12-22)8-6-4-5-7-20(2)27/h3,6,8-18,20H,1,4-5,7,19H2,2H3. The van der Waals surface area contributed by atoms with Crippen LogP contribution in [0.1, 0.15) is 31.7 Å². The first kappa shape index (κ1) is 21.4. The number of benzene rings is 2. The number of hydrogen-bond donors (Lipinski definition) is 0. The first-order valence-electron chi connectivity index (χ1n) is 10.2. The molecule has 0 spiro atoms. The summed E-state index contributed by atoms with van der Waals surface area (Å²) in [6.07, 6.45) is 7.55.